The molecular weight excluding hydrogens is 266 g/mol. The number of aliphatic hydroxyl groups excluding tert-OH is 1. The van der Waals surface area contributed by atoms with Crippen LogP contribution in [0.3, 0.4) is 0 Å². The first-order valence-corrected chi connectivity index (χ1v) is 6.61. The van der Waals surface area contributed by atoms with Crippen molar-refractivity contribution in [3.63, 3.8) is 0 Å². The molecule has 0 saturated carbocycles. The number of aliphatic hydroxyl groups is 1. The van der Waals surface area contributed by atoms with Gasteiger partial charge in [0, 0.05) is 11.6 Å². The largest absolute Gasteiger partial charge is 0.496 e. The van der Waals surface area contributed by atoms with E-state index in [4.69, 9.17) is 16.3 Å². The lowest BCUT2D eigenvalue weighted by atomic mass is 10.1. The minimum Gasteiger partial charge on any atom is -0.496 e. The second-order valence-electron chi connectivity index (χ2n) is 4.84. The van der Waals surface area contributed by atoms with Crippen LogP contribution in [0, 0.1) is 5.92 Å². The summed E-state index contributed by atoms with van der Waals surface area (Å²) in [6, 6.07) is 4.82. The molecule has 0 saturated heterocycles. The van der Waals surface area contributed by atoms with E-state index in [1.165, 1.54) is 7.11 Å². The third-order valence-electron chi connectivity index (χ3n) is 2.65. The van der Waals surface area contributed by atoms with E-state index in [1.54, 1.807) is 18.2 Å². The average Bonchev–Trinajstić information content (AvgIpc) is 2.34. The maximum absolute atomic E-state index is 12.0. The molecule has 4 nitrogen and oxygen atoms in total. The Labute approximate surface area is 118 Å². The summed E-state index contributed by atoms with van der Waals surface area (Å²) in [5, 5.41) is 12.9. The van der Waals surface area contributed by atoms with Gasteiger partial charge >= 0.3 is 0 Å². The number of carbonyl (C=O) groups is 1. The summed E-state index contributed by atoms with van der Waals surface area (Å²) in [6.07, 6.45) is 0.111. The molecule has 1 aromatic rings. The van der Waals surface area contributed by atoms with Crippen LogP contribution in [0.1, 0.15) is 30.6 Å². The van der Waals surface area contributed by atoms with E-state index in [0.717, 1.165) is 0 Å². The number of ether oxygens (including phenoxy) is 1. The first-order valence-electron chi connectivity index (χ1n) is 6.23. The SMILES string of the molecule is COc1cc(Cl)ccc1C(=O)NCC(O)CC(C)C. The van der Waals surface area contributed by atoms with E-state index in [-0.39, 0.29) is 12.5 Å². The molecule has 1 amide bonds. The van der Waals surface area contributed by atoms with Crippen LogP contribution in [-0.4, -0.2) is 30.8 Å². The van der Waals surface area contributed by atoms with Gasteiger partial charge in [0.2, 0.25) is 0 Å². The van der Waals surface area contributed by atoms with Gasteiger partial charge in [-0.1, -0.05) is 25.4 Å². The second kappa shape index (κ2) is 7.36. The highest BCUT2D eigenvalue weighted by Gasteiger charge is 2.14. The van der Waals surface area contributed by atoms with Crippen LogP contribution in [0.4, 0.5) is 0 Å². The number of nitrogens with one attached hydrogen (secondary N) is 1. The standard InChI is InChI=1S/C14H20ClNO3/c1-9(2)6-11(17)8-16-14(18)12-5-4-10(15)7-13(12)19-3/h4-5,7,9,11,17H,6,8H2,1-3H3,(H,16,18). The Bertz CT molecular complexity index is 435. The smallest absolute Gasteiger partial charge is 0.255 e. The van der Waals surface area contributed by atoms with Gasteiger partial charge in [-0.3, -0.25) is 4.79 Å². The number of hydrogen-bond donors (Lipinski definition) is 2. The topological polar surface area (TPSA) is 58.6 Å². The minimum atomic E-state index is -0.540. The molecule has 2 N–H and O–H groups in total. The van der Waals surface area contributed by atoms with Gasteiger partial charge in [-0.25, -0.2) is 0 Å². The van der Waals surface area contributed by atoms with Gasteiger partial charge in [-0.05, 0) is 30.5 Å². The highest BCUT2D eigenvalue weighted by Crippen LogP contribution is 2.22. The quantitative estimate of drug-likeness (QED) is 0.844. The summed E-state index contributed by atoms with van der Waals surface area (Å²) in [7, 11) is 1.48. The van der Waals surface area contributed by atoms with Crippen LogP contribution in [-0.2, 0) is 0 Å². The van der Waals surface area contributed by atoms with Crippen LogP contribution in [0.5, 0.6) is 5.75 Å². The average molecular weight is 286 g/mol. The fourth-order valence-corrected chi connectivity index (χ4v) is 1.95. The predicted molar refractivity (Wildman–Crippen MR) is 75.8 cm³/mol. The van der Waals surface area contributed by atoms with E-state index < -0.39 is 6.10 Å². The second-order valence-corrected chi connectivity index (χ2v) is 5.27. The van der Waals surface area contributed by atoms with Gasteiger partial charge in [0.1, 0.15) is 5.75 Å². The van der Waals surface area contributed by atoms with Crippen molar-refractivity contribution in [2.24, 2.45) is 5.92 Å². The van der Waals surface area contributed by atoms with Crippen LogP contribution < -0.4 is 10.1 Å². The fraction of sp³-hybridized carbons (Fsp3) is 0.500. The van der Waals surface area contributed by atoms with Gasteiger partial charge < -0.3 is 15.2 Å². The maximum atomic E-state index is 12.0. The van der Waals surface area contributed by atoms with Crippen molar-refractivity contribution in [3.8, 4) is 5.75 Å². The monoisotopic (exact) mass is 285 g/mol. The lowest BCUT2D eigenvalue weighted by Crippen LogP contribution is -2.33. The van der Waals surface area contributed by atoms with Gasteiger partial charge in [-0.2, -0.15) is 0 Å². The first-order chi connectivity index (χ1) is 8.93. The van der Waals surface area contributed by atoms with Crippen molar-refractivity contribution in [2.45, 2.75) is 26.4 Å². The Morgan fingerprint density at radius 2 is 2.16 bits per heavy atom. The molecule has 0 aromatic heterocycles. The third kappa shape index (κ3) is 5.09. The van der Waals surface area contributed by atoms with E-state index in [1.807, 2.05) is 13.8 Å². The van der Waals surface area contributed by atoms with Crippen LogP contribution >= 0.6 is 11.6 Å². The highest BCUT2D eigenvalue weighted by atomic mass is 35.5. The number of rotatable bonds is 6. The zero-order valence-corrected chi connectivity index (χ0v) is 12.2. The molecular formula is C14H20ClNO3. The molecule has 0 fully saturated rings. The molecule has 0 aliphatic heterocycles. The molecule has 0 spiro atoms. The van der Waals surface area contributed by atoms with Gasteiger partial charge in [0.15, 0.2) is 0 Å². The number of carbonyl (C=O) groups excluding carboxylic acids is 1. The van der Waals surface area contributed by atoms with Crippen molar-refractivity contribution in [3.05, 3.63) is 28.8 Å². The molecule has 0 bridgehead atoms. The third-order valence-corrected chi connectivity index (χ3v) is 2.89. The van der Waals surface area contributed by atoms with E-state index in [0.29, 0.717) is 28.7 Å². The van der Waals surface area contributed by atoms with Crippen molar-refractivity contribution in [1.82, 2.24) is 5.32 Å². The Hall–Kier alpha value is -1.26. The molecule has 1 unspecified atom stereocenters. The van der Waals surface area contributed by atoms with E-state index in [2.05, 4.69) is 5.32 Å². The summed E-state index contributed by atoms with van der Waals surface area (Å²) in [5.41, 5.74) is 0.406. The number of amides is 1. The zero-order chi connectivity index (χ0) is 14.4. The summed E-state index contributed by atoms with van der Waals surface area (Å²) < 4.78 is 5.11. The van der Waals surface area contributed by atoms with Gasteiger partial charge in [0.05, 0.1) is 18.8 Å². The van der Waals surface area contributed by atoms with Gasteiger partial charge in [0.25, 0.3) is 5.91 Å². The molecule has 0 aliphatic rings. The minimum absolute atomic E-state index is 0.225. The van der Waals surface area contributed by atoms with Crippen molar-refractivity contribution in [2.75, 3.05) is 13.7 Å². The summed E-state index contributed by atoms with van der Waals surface area (Å²) in [4.78, 5) is 12.0. The van der Waals surface area contributed by atoms with Crippen LogP contribution in [0.25, 0.3) is 0 Å². The molecule has 0 aliphatic carbocycles. The molecule has 1 atom stereocenters. The normalized spacial score (nSPS) is 12.3. The Balaban J connectivity index is 2.63. The number of benzene rings is 1. The molecule has 19 heavy (non-hydrogen) atoms. The number of halogens is 1. The molecule has 0 heterocycles. The van der Waals surface area contributed by atoms with Crippen LogP contribution in [0.2, 0.25) is 5.02 Å². The Kier molecular flexibility index (Phi) is 6.12. The van der Waals surface area contributed by atoms with Crippen molar-refractivity contribution < 1.29 is 14.6 Å². The number of methoxy groups -OCH3 is 1. The van der Waals surface area contributed by atoms with E-state index in [9.17, 15) is 9.90 Å². The summed E-state index contributed by atoms with van der Waals surface area (Å²) in [6.45, 7) is 4.27. The summed E-state index contributed by atoms with van der Waals surface area (Å²) >= 11 is 5.83. The zero-order valence-electron chi connectivity index (χ0n) is 11.4. The molecule has 106 valence electrons. The van der Waals surface area contributed by atoms with Crippen molar-refractivity contribution >= 4 is 17.5 Å². The first kappa shape index (κ1) is 15.8. The van der Waals surface area contributed by atoms with Crippen LogP contribution in [0.15, 0.2) is 18.2 Å². The Morgan fingerprint density at radius 3 is 2.74 bits per heavy atom. The molecule has 0 radical (unpaired) electrons. The molecule has 1 aromatic carbocycles. The van der Waals surface area contributed by atoms with E-state index >= 15 is 0 Å². The lowest BCUT2D eigenvalue weighted by molar-refractivity contribution is 0.0897. The van der Waals surface area contributed by atoms with Gasteiger partial charge in [-0.15, -0.1) is 0 Å². The fourth-order valence-electron chi connectivity index (χ4n) is 1.79. The number of hydrogen-bond acceptors (Lipinski definition) is 3. The van der Waals surface area contributed by atoms with Crippen molar-refractivity contribution in [1.29, 1.82) is 0 Å². The Morgan fingerprint density at radius 1 is 1.47 bits per heavy atom. The maximum Gasteiger partial charge on any atom is 0.255 e. The summed E-state index contributed by atoms with van der Waals surface area (Å²) in [5.74, 6) is 0.525. The highest BCUT2D eigenvalue weighted by molar-refractivity contribution is 6.30. The predicted octanol–water partition coefficient (Wildman–Crippen LogP) is 2.49. The molecule has 5 heteroatoms. The molecule has 1 rings (SSSR count). The lowest BCUT2D eigenvalue weighted by Gasteiger charge is -2.14.